The van der Waals surface area contributed by atoms with Gasteiger partial charge < -0.3 is 19.7 Å². The highest BCUT2D eigenvalue weighted by molar-refractivity contribution is 9.10. The Morgan fingerprint density at radius 2 is 1.66 bits per heavy atom. The Labute approximate surface area is 247 Å². The number of fused-ring (bicyclic) bond motifs is 1. The SMILES string of the molecule is CC(C)NC(=O)[C@H](C)N(Cc1cccc(Br)c1)C(=O)CN(c1ccc(F)cc1)S(=O)(=O)c1ccc2c(c1)OCCO2. The van der Waals surface area contributed by atoms with Gasteiger partial charge in [0.2, 0.25) is 11.8 Å². The number of sulfonamides is 1. The Bertz CT molecular complexity index is 1520. The number of hydrogen-bond donors (Lipinski definition) is 1. The summed E-state index contributed by atoms with van der Waals surface area (Å²) >= 11 is 3.42. The number of carbonyl (C=O) groups excluding carboxylic acids is 2. The molecule has 1 N–H and O–H groups in total. The van der Waals surface area contributed by atoms with Gasteiger partial charge in [0.25, 0.3) is 10.0 Å². The van der Waals surface area contributed by atoms with Crippen LogP contribution in [0.2, 0.25) is 0 Å². The molecule has 218 valence electrons. The Morgan fingerprint density at radius 3 is 2.32 bits per heavy atom. The van der Waals surface area contributed by atoms with Gasteiger partial charge in [-0.1, -0.05) is 28.1 Å². The lowest BCUT2D eigenvalue weighted by atomic mass is 10.1. The smallest absolute Gasteiger partial charge is 0.264 e. The summed E-state index contributed by atoms with van der Waals surface area (Å²) in [6.07, 6.45) is 0. The van der Waals surface area contributed by atoms with E-state index in [1.165, 1.54) is 35.2 Å². The molecule has 0 fully saturated rings. The number of anilines is 1. The minimum atomic E-state index is -4.35. The van der Waals surface area contributed by atoms with Gasteiger partial charge in [-0.05, 0) is 74.9 Å². The van der Waals surface area contributed by atoms with E-state index in [2.05, 4.69) is 21.2 Å². The predicted molar refractivity (Wildman–Crippen MR) is 156 cm³/mol. The second kappa shape index (κ2) is 12.9. The lowest BCUT2D eigenvalue weighted by molar-refractivity contribution is -0.139. The van der Waals surface area contributed by atoms with E-state index in [0.29, 0.717) is 12.4 Å². The normalized spacial score (nSPS) is 13.4. The molecule has 1 aliphatic rings. The van der Waals surface area contributed by atoms with Gasteiger partial charge >= 0.3 is 0 Å². The lowest BCUT2D eigenvalue weighted by Gasteiger charge is -2.32. The predicted octanol–water partition coefficient (Wildman–Crippen LogP) is 4.50. The molecule has 0 aliphatic carbocycles. The van der Waals surface area contributed by atoms with Crippen molar-refractivity contribution in [2.45, 2.75) is 44.3 Å². The maximum absolute atomic E-state index is 14.0. The highest BCUT2D eigenvalue weighted by Gasteiger charge is 2.33. The summed E-state index contributed by atoms with van der Waals surface area (Å²) in [6, 6.07) is 15.2. The molecular weight excluding hydrogens is 617 g/mol. The first-order chi connectivity index (χ1) is 19.5. The summed E-state index contributed by atoms with van der Waals surface area (Å²) in [5.41, 5.74) is 0.816. The molecule has 4 rings (SSSR count). The number of amides is 2. The first-order valence-corrected chi connectivity index (χ1v) is 15.2. The number of nitrogens with one attached hydrogen (secondary N) is 1. The van der Waals surface area contributed by atoms with Crippen LogP contribution in [0.3, 0.4) is 0 Å². The van der Waals surface area contributed by atoms with Crippen LogP contribution < -0.4 is 19.1 Å². The van der Waals surface area contributed by atoms with Crippen molar-refractivity contribution in [1.29, 1.82) is 0 Å². The summed E-state index contributed by atoms with van der Waals surface area (Å²) in [7, 11) is -4.35. The first-order valence-electron chi connectivity index (χ1n) is 13.0. The van der Waals surface area contributed by atoms with E-state index in [0.717, 1.165) is 26.5 Å². The molecule has 1 aliphatic heterocycles. The molecule has 9 nitrogen and oxygen atoms in total. The Morgan fingerprint density at radius 1 is 0.976 bits per heavy atom. The van der Waals surface area contributed by atoms with Crippen LogP contribution >= 0.6 is 15.9 Å². The van der Waals surface area contributed by atoms with E-state index < -0.39 is 34.3 Å². The zero-order chi connectivity index (χ0) is 29.7. The molecule has 0 aromatic heterocycles. The lowest BCUT2D eigenvalue weighted by Crippen LogP contribution is -2.52. The van der Waals surface area contributed by atoms with E-state index in [1.54, 1.807) is 26.8 Å². The van der Waals surface area contributed by atoms with Crippen molar-refractivity contribution in [3.05, 3.63) is 82.6 Å². The number of hydrogen-bond acceptors (Lipinski definition) is 6. The molecule has 0 saturated carbocycles. The maximum atomic E-state index is 14.0. The standard InChI is InChI=1S/C29H31BrFN3O6S/c1-19(2)32-29(36)20(3)33(17-21-5-4-6-22(30)15-21)28(35)18-34(24-9-7-23(31)8-10-24)41(37,38)25-11-12-26-27(16-25)40-14-13-39-26/h4-12,15-16,19-20H,13-14,17-18H2,1-3H3,(H,32,36)/t20-/m0/s1. The topological polar surface area (TPSA) is 105 Å². The summed E-state index contributed by atoms with van der Waals surface area (Å²) in [6.45, 7) is 5.21. The monoisotopic (exact) mass is 647 g/mol. The van der Waals surface area contributed by atoms with Gasteiger partial charge in [0.1, 0.15) is 31.6 Å². The molecule has 0 saturated heterocycles. The molecule has 3 aromatic rings. The molecule has 41 heavy (non-hydrogen) atoms. The Balaban J connectivity index is 1.72. The van der Waals surface area contributed by atoms with Crippen molar-refractivity contribution in [3.8, 4) is 11.5 Å². The van der Waals surface area contributed by atoms with Gasteiger partial charge in [-0.3, -0.25) is 13.9 Å². The summed E-state index contributed by atoms with van der Waals surface area (Å²) in [5.74, 6) is -0.900. The second-order valence-electron chi connectivity index (χ2n) is 9.78. The Hall–Kier alpha value is -3.64. The summed E-state index contributed by atoms with van der Waals surface area (Å²) in [5, 5.41) is 2.81. The number of ether oxygens (including phenoxy) is 2. The van der Waals surface area contributed by atoms with E-state index in [1.807, 2.05) is 18.2 Å². The van der Waals surface area contributed by atoms with E-state index in [-0.39, 0.29) is 41.4 Å². The number of rotatable bonds is 10. The van der Waals surface area contributed by atoms with Crippen molar-refractivity contribution in [1.82, 2.24) is 10.2 Å². The van der Waals surface area contributed by atoms with Crippen molar-refractivity contribution in [2.75, 3.05) is 24.1 Å². The van der Waals surface area contributed by atoms with Crippen molar-refractivity contribution in [3.63, 3.8) is 0 Å². The molecule has 0 spiro atoms. The van der Waals surface area contributed by atoms with Gasteiger partial charge in [-0.15, -0.1) is 0 Å². The van der Waals surface area contributed by atoms with Crippen molar-refractivity contribution < 1.29 is 31.9 Å². The fourth-order valence-corrected chi connectivity index (χ4v) is 6.14. The van der Waals surface area contributed by atoms with E-state index in [9.17, 15) is 22.4 Å². The van der Waals surface area contributed by atoms with Gasteiger partial charge in [0.05, 0.1) is 10.6 Å². The van der Waals surface area contributed by atoms with Crippen LogP contribution in [0, 0.1) is 5.82 Å². The zero-order valence-electron chi connectivity index (χ0n) is 22.8. The number of nitrogens with zero attached hydrogens (tertiary/aromatic N) is 2. The molecule has 0 bridgehead atoms. The van der Waals surface area contributed by atoms with E-state index in [4.69, 9.17) is 9.47 Å². The zero-order valence-corrected chi connectivity index (χ0v) is 25.2. The van der Waals surface area contributed by atoms with Crippen LogP contribution in [-0.2, 0) is 26.2 Å². The molecule has 0 radical (unpaired) electrons. The van der Waals surface area contributed by atoms with Crippen LogP contribution in [0.25, 0.3) is 0 Å². The minimum absolute atomic E-state index is 0.0479. The average molecular weight is 649 g/mol. The average Bonchev–Trinajstić information content (AvgIpc) is 2.94. The van der Waals surface area contributed by atoms with Gasteiger partial charge in [-0.2, -0.15) is 0 Å². The number of benzene rings is 3. The molecule has 0 unspecified atom stereocenters. The third kappa shape index (κ3) is 7.36. The first kappa shape index (κ1) is 30.3. The summed E-state index contributed by atoms with van der Waals surface area (Å²) < 4.78 is 54.6. The molecule has 1 atom stereocenters. The van der Waals surface area contributed by atoms with Crippen LogP contribution in [0.1, 0.15) is 26.3 Å². The van der Waals surface area contributed by atoms with Crippen LogP contribution in [0.15, 0.2) is 76.1 Å². The molecular formula is C29H31BrFN3O6S. The summed E-state index contributed by atoms with van der Waals surface area (Å²) in [4.78, 5) is 28.1. The molecule has 12 heteroatoms. The fourth-order valence-electron chi connectivity index (χ4n) is 4.27. The molecule has 2 amide bonds. The largest absolute Gasteiger partial charge is 0.486 e. The van der Waals surface area contributed by atoms with Crippen molar-refractivity contribution in [2.24, 2.45) is 0 Å². The minimum Gasteiger partial charge on any atom is -0.486 e. The van der Waals surface area contributed by atoms with Gasteiger partial charge in [-0.25, -0.2) is 12.8 Å². The second-order valence-corrected chi connectivity index (χ2v) is 12.6. The van der Waals surface area contributed by atoms with Crippen LogP contribution in [-0.4, -0.2) is 57.0 Å². The molecule has 3 aromatic carbocycles. The maximum Gasteiger partial charge on any atom is 0.264 e. The molecule has 1 heterocycles. The highest BCUT2D eigenvalue weighted by atomic mass is 79.9. The van der Waals surface area contributed by atoms with Crippen LogP contribution in [0.5, 0.6) is 11.5 Å². The third-order valence-electron chi connectivity index (χ3n) is 6.34. The Kier molecular flexibility index (Phi) is 9.54. The number of carbonyl (C=O) groups is 2. The van der Waals surface area contributed by atoms with Crippen LogP contribution in [0.4, 0.5) is 10.1 Å². The van der Waals surface area contributed by atoms with E-state index >= 15 is 0 Å². The van der Waals surface area contributed by atoms with Crippen molar-refractivity contribution >= 4 is 43.5 Å². The van der Waals surface area contributed by atoms with Gasteiger partial charge in [0, 0.05) is 23.1 Å². The fraction of sp³-hybridized carbons (Fsp3) is 0.310. The third-order valence-corrected chi connectivity index (χ3v) is 8.60. The highest BCUT2D eigenvalue weighted by Crippen LogP contribution is 2.34. The van der Waals surface area contributed by atoms with Gasteiger partial charge in [0.15, 0.2) is 11.5 Å². The quantitative estimate of drug-likeness (QED) is 0.348. The number of halogens is 2.